The molecule has 0 spiro atoms. The number of methoxy groups -OCH3 is 1. The second-order valence-corrected chi connectivity index (χ2v) is 2.34. The van der Waals surface area contributed by atoms with Gasteiger partial charge in [0.1, 0.15) is 0 Å². The van der Waals surface area contributed by atoms with Crippen LogP contribution in [0.15, 0.2) is 11.4 Å². The number of ether oxygens (including phenoxy) is 1. The number of carbonyl (C=O) groups is 1. The minimum Gasteiger partial charge on any atom is -0.464 e. The fourth-order valence-electron chi connectivity index (χ4n) is 0.988. The Bertz CT molecular complexity index is 193. The van der Waals surface area contributed by atoms with Crippen LogP contribution in [-0.2, 0) is 9.53 Å². The van der Waals surface area contributed by atoms with Gasteiger partial charge in [-0.15, -0.1) is 0 Å². The van der Waals surface area contributed by atoms with Crippen molar-refractivity contribution in [2.75, 3.05) is 20.2 Å². The van der Waals surface area contributed by atoms with E-state index in [4.69, 9.17) is 0 Å². The van der Waals surface area contributed by atoms with E-state index in [2.05, 4.69) is 10.1 Å². The summed E-state index contributed by atoms with van der Waals surface area (Å²) in [7, 11) is 1.17. The third kappa shape index (κ3) is 1.77. The Morgan fingerprint density at radius 3 is 2.91 bits per heavy atom. The molecule has 0 aromatic carbocycles. The zero-order chi connectivity index (χ0) is 8.27. The lowest BCUT2D eigenvalue weighted by molar-refractivity contribution is -0.137. The number of esters is 1. The third-order valence-electron chi connectivity index (χ3n) is 1.62. The largest absolute Gasteiger partial charge is 0.464 e. The maximum Gasteiger partial charge on any atom is 0.366 e. The summed E-state index contributed by atoms with van der Waals surface area (Å²) in [6.45, 7) is 1.20. The van der Waals surface area contributed by atoms with Gasteiger partial charge in [0.05, 0.1) is 7.11 Å². The normalized spacial score (nSPS) is 21.6. The van der Waals surface area contributed by atoms with E-state index >= 15 is 0 Å². The molecule has 62 valence electrons. The van der Waals surface area contributed by atoms with E-state index in [1.807, 2.05) is 0 Å². The first-order valence-electron chi connectivity index (χ1n) is 3.42. The van der Waals surface area contributed by atoms with Crippen LogP contribution in [0.3, 0.4) is 0 Å². The first-order chi connectivity index (χ1) is 5.25. The van der Waals surface area contributed by atoms with E-state index in [1.54, 1.807) is 0 Å². The van der Waals surface area contributed by atoms with Gasteiger partial charge in [0.25, 0.3) is 0 Å². The SMILES string of the molecule is COC(=O)/C(F)=C1\CCNC1. The second-order valence-electron chi connectivity index (χ2n) is 2.34. The third-order valence-corrected chi connectivity index (χ3v) is 1.62. The van der Waals surface area contributed by atoms with Crippen molar-refractivity contribution in [3.63, 3.8) is 0 Å². The van der Waals surface area contributed by atoms with Gasteiger partial charge >= 0.3 is 5.97 Å². The molecule has 0 unspecified atom stereocenters. The van der Waals surface area contributed by atoms with Crippen LogP contribution < -0.4 is 5.32 Å². The van der Waals surface area contributed by atoms with E-state index in [0.717, 1.165) is 6.54 Å². The van der Waals surface area contributed by atoms with Crippen molar-refractivity contribution in [1.29, 1.82) is 0 Å². The summed E-state index contributed by atoms with van der Waals surface area (Å²) in [5, 5.41) is 2.93. The van der Waals surface area contributed by atoms with Crippen molar-refractivity contribution in [3.05, 3.63) is 11.4 Å². The first kappa shape index (κ1) is 8.20. The molecule has 1 aliphatic rings. The summed E-state index contributed by atoms with van der Waals surface area (Å²) >= 11 is 0. The average molecular weight is 159 g/mol. The van der Waals surface area contributed by atoms with Crippen molar-refractivity contribution >= 4 is 5.97 Å². The molecular weight excluding hydrogens is 149 g/mol. The van der Waals surface area contributed by atoms with E-state index in [-0.39, 0.29) is 0 Å². The van der Waals surface area contributed by atoms with Crippen molar-refractivity contribution < 1.29 is 13.9 Å². The lowest BCUT2D eigenvalue weighted by atomic mass is 10.2. The van der Waals surface area contributed by atoms with Crippen LogP contribution in [0.2, 0.25) is 0 Å². The summed E-state index contributed by atoms with van der Waals surface area (Å²) in [5.74, 6) is -1.61. The van der Waals surface area contributed by atoms with Gasteiger partial charge in [-0.25, -0.2) is 4.79 Å². The molecule has 0 bridgehead atoms. The highest BCUT2D eigenvalue weighted by atomic mass is 19.1. The highest BCUT2D eigenvalue weighted by Crippen LogP contribution is 2.14. The van der Waals surface area contributed by atoms with Gasteiger partial charge in [-0.2, -0.15) is 4.39 Å². The van der Waals surface area contributed by atoms with E-state index in [0.29, 0.717) is 18.5 Å². The lowest BCUT2D eigenvalue weighted by Crippen LogP contribution is -2.08. The quantitative estimate of drug-likeness (QED) is 0.444. The monoisotopic (exact) mass is 159 g/mol. The molecule has 4 heteroatoms. The van der Waals surface area contributed by atoms with Crippen LogP contribution in [0.1, 0.15) is 6.42 Å². The molecular formula is C7H10FNO2. The molecule has 0 atom stereocenters. The van der Waals surface area contributed by atoms with Crippen molar-refractivity contribution in [3.8, 4) is 0 Å². The minimum absolute atomic E-state index is 0.459. The number of hydrogen-bond donors (Lipinski definition) is 1. The average Bonchev–Trinajstić information content (AvgIpc) is 2.53. The van der Waals surface area contributed by atoms with Crippen LogP contribution in [0.5, 0.6) is 0 Å². The molecule has 1 rings (SSSR count). The van der Waals surface area contributed by atoms with Gasteiger partial charge in [0.15, 0.2) is 0 Å². The summed E-state index contributed by atoms with van der Waals surface area (Å²) in [4.78, 5) is 10.6. The summed E-state index contributed by atoms with van der Waals surface area (Å²) < 4.78 is 17.1. The fraction of sp³-hybridized carbons (Fsp3) is 0.571. The van der Waals surface area contributed by atoms with E-state index < -0.39 is 11.8 Å². The van der Waals surface area contributed by atoms with Crippen molar-refractivity contribution in [2.45, 2.75) is 6.42 Å². The van der Waals surface area contributed by atoms with Crippen molar-refractivity contribution in [2.24, 2.45) is 0 Å². The number of carbonyl (C=O) groups excluding carboxylic acids is 1. The topological polar surface area (TPSA) is 38.3 Å². The number of nitrogens with one attached hydrogen (secondary N) is 1. The molecule has 1 aliphatic heterocycles. The van der Waals surface area contributed by atoms with Gasteiger partial charge in [-0.1, -0.05) is 0 Å². The van der Waals surface area contributed by atoms with Gasteiger partial charge in [-0.3, -0.25) is 0 Å². The maximum absolute atomic E-state index is 12.9. The number of hydrogen-bond acceptors (Lipinski definition) is 3. The summed E-state index contributed by atoms with van der Waals surface area (Å²) in [6.07, 6.45) is 0.598. The Kier molecular flexibility index (Phi) is 2.59. The zero-order valence-corrected chi connectivity index (χ0v) is 6.32. The van der Waals surface area contributed by atoms with Crippen LogP contribution in [0.25, 0.3) is 0 Å². The van der Waals surface area contributed by atoms with E-state index in [9.17, 15) is 9.18 Å². The Morgan fingerprint density at radius 2 is 2.45 bits per heavy atom. The molecule has 0 aromatic heterocycles. The van der Waals surface area contributed by atoms with Gasteiger partial charge in [-0.05, 0) is 18.5 Å². The van der Waals surface area contributed by atoms with Gasteiger partial charge in [0, 0.05) is 6.54 Å². The first-order valence-corrected chi connectivity index (χ1v) is 3.42. The Morgan fingerprint density at radius 1 is 1.73 bits per heavy atom. The molecule has 1 saturated heterocycles. The zero-order valence-electron chi connectivity index (χ0n) is 6.32. The maximum atomic E-state index is 12.9. The Balaban J connectivity index is 2.69. The molecule has 0 aromatic rings. The summed E-state index contributed by atoms with van der Waals surface area (Å²) in [6, 6.07) is 0. The standard InChI is InChI=1S/C7H10FNO2/c1-11-7(10)6(8)5-2-3-9-4-5/h9H,2-4H2,1H3/b6-5-. The minimum atomic E-state index is -0.872. The predicted octanol–water partition coefficient (Wildman–Crippen LogP) is 0.376. The van der Waals surface area contributed by atoms with Crippen LogP contribution in [0, 0.1) is 0 Å². The second kappa shape index (κ2) is 3.48. The fourth-order valence-corrected chi connectivity index (χ4v) is 0.988. The van der Waals surface area contributed by atoms with E-state index in [1.165, 1.54) is 7.11 Å². The molecule has 3 nitrogen and oxygen atoms in total. The summed E-state index contributed by atoms with van der Waals surface area (Å²) in [5.41, 5.74) is 0.511. The molecule has 1 fully saturated rings. The van der Waals surface area contributed by atoms with Crippen LogP contribution >= 0.6 is 0 Å². The molecule has 0 aliphatic carbocycles. The highest BCUT2D eigenvalue weighted by molar-refractivity contribution is 5.86. The Hall–Kier alpha value is -0.900. The smallest absolute Gasteiger partial charge is 0.366 e. The van der Waals surface area contributed by atoms with Gasteiger partial charge in [0.2, 0.25) is 5.83 Å². The van der Waals surface area contributed by atoms with Crippen LogP contribution in [-0.4, -0.2) is 26.2 Å². The molecule has 1 N–H and O–H groups in total. The van der Waals surface area contributed by atoms with Crippen LogP contribution in [0.4, 0.5) is 4.39 Å². The lowest BCUT2D eigenvalue weighted by Gasteiger charge is -1.97. The number of rotatable bonds is 1. The number of halogens is 1. The molecule has 1 heterocycles. The molecule has 0 radical (unpaired) electrons. The highest BCUT2D eigenvalue weighted by Gasteiger charge is 2.18. The molecule has 0 amide bonds. The van der Waals surface area contributed by atoms with Crippen molar-refractivity contribution in [1.82, 2.24) is 5.32 Å². The molecule has 11 heavy (non-hydrogen) atoms. The molecule has 0 saturated carbocycles. The predicted molar refractivity (Wildman–Crippen MR) is 37.6 cm³/mol. The Labute approximate surface area is 64.2 Å². The van der Waals surface area contributed by atoms with Gasteiger partial charge < -0.3 is 10.1 Å².